The van der Waals surface area contributed by atoms with Crippen LogP contribution in [-0.4, -0.2) is 57.4 Å². The number of carbonyl (C=O) groups excluding carboxylic acids is 2. The molecule has 0 aliphatic carbocycles. The normalized spacial score (nSPS) is 11.8. The molecule has 0 aliphatic rings. The monoisotopic (exact) mass is 463 g/mol. The van der Waals surface area contributed by atoms with E-state index in [0.717, 1.165) is 21.9 Å². The number of amides is 2. The number of fused-ring (bicyclic) bond motifs is 1. The largest absolute Gasteiger partial charge is 0.378 e. The maximum Gasteiger partial charge on any atom is 0.243 e. The Morgan fingerprint density at radius 2 is 1.53 bits per heavy atom. The van der Waals surface area contributed by atoms with E-state index in [0.29, 0.717) is 45.9 Å². The third kappa shape index (κ3) is 8.26. The maximum absolute atomic E-state index is 12.9. The van der Waals surface area contributed by atoms with Gasteiger partial charge < -0.3 is 25.8 Å². The molecule has 7 heteroatoms. The number of hydrogen-bond acceptors (Lipinski definition) is 5. The van der Waals surface area contributed by atoms with Crippen molar-refractivity contribution in [1.82, 2.24) is 10.6 Å². The zero-order valence-electron chi connectivity index (χ0n) is 19.4. The Balaban J connectivity index is 1.56. The molecule has 0 fully saturated rings. The van der Waals surface area contributed by atoms with Crippen LogP contribution in [0.1, 0.15) is 11.1 Å². The van der Waals surface area contributed by atoms with Crippen LogP contribution in [0, 0.1) is 0 Å². The Morgan fingerprint density at radius 1 is 0.824 bits per heavy atom. The fourth-order valence-corrected chi connectivity index (χ4v) is 3.70. The second-order valence-electron chi connectivity index (χ2n) is 7.93. The standard InChI is InChI=1S/C27H33N3O4/c28-13-15-33-17-18-34-16-14-29-27(32)25(19-21-7-2-1-3-8-21)30-26(31)20-23-11-6-10-22-9-4-5-12-24(22)23/h1-12,25H,13-20,28H2,(H,29,32)(H,30,31). The van der Waals surface area contributed by atoms with Gasteiger partial charge >= 0.3 is 0 Å². The second kappa shape index (κ2) is 14.1. The predicted octanol–water partition coefficient (Wildman–Crippen LogP) is 2.22. The van der Waals surface area contributed by atoms with Crippen LogP contribution in [0.5, 0.6) is 0 Å². The molecule has 0 aliphatic heterocycles. The van der Waals surface area contributed by atoms with E-state index >= 15 is 0 Å². The van der Waals surface area contributed by atoms with Crippen molar-refractivity contribution in [2.45, 2.75) is 18.9 Å². The highest BCUT2D eigenvalue weighted by molar-refractivity contribution is 5.92. The summed E-state index contributed by atoms with van der Waals surface area (Å²) in [5.41, 5.74) is 7.27. The minimum atomic E-state index is -0.683. The molecule has 2 amide bonds. The first-order valence-corrected chi connectivity index (χ1v) is 11.6. The van der Waals surface area contributed by atoms with Crippen molar-refractivity contribution in [3.05, 3.63) is 83.9 Å². The number of nitrogens with two attached hydrogens (primary N) is 1. The lowest BCUT2D eigenvalue weighted by Gasteiger charge is -2.19. The average Bonchev–Trinajstić information content (AvgIpc) is 2.86. The molecular formula is C27H33N3O4. The van der Waals surface area contributed by atoms with Crippen molar-refractivity contribution in [2.75, 3.05) is 39.5 Å². The first kappa shape index (κ1) is 25.4. The van der Waals surface area contributed by atoms with Crippen LogP contribution in [0.3, 0.4) is 0 Å². The molecule has 3 aromatic rings. The minimum absolute atomic E-state index is 0.194. The smallest absolute Gasteiger partial charge is 0.243 e. The SMILES string of the molecule is NCCOCCOCCNC(=O)C(Cc1ccccc1)NC(=O)Cc1cccc2ccccc12. The molecule has 0 aromatic heterocycles. The molecule has 4 N–H and O–H groups in total. The fourth-order valence-electron chi connectivity index (χ4n) is 3.70. The average molecular weight is 464 g/mol. The highest BCUT2D eigenvalue weighted by Gasteiger charge is 2.21. The van der Waals surface area contributed by atoms with Gasteiger partial charge in [0.05, 0.1) is 32.8 Å². The van der Waals surface area contributed by atoms with Gasteiger partial charge in [0, 0.05) is 19.5 Å². The summed E-state index contributed by atoms with van der Waals surface area (Å²) >= 11 is 0. The predicted molar refractivity (Wildman–Crippen MR) is 133 cm³/mol. The molecule has 0 radical (unpaired) electrons. The molecule has 1 unspecified atom stereocenters. The Bertz CT molecular complexity index is 1040. The van der Waals surface area contributed by atoms with E-state index in [1.807, 2.05) is 72.8 Å². The van der Waals surface area contributed by atoms with Gasteiger partial charge in [-0.15, -0.1) is 0 Å². The third-order valence-electron chi connectivity index (χ3n) is 5.35. The third-order valence-corrected chi connectivity index (χ3v) is 5.35. The van der Waals surface area contributed by atoms with Gasteiger partial charge in [-0.1, -0.05) is 72.8 Å². The van der Waals surface area contributed by atoms with Crippen molar-refractivity contribution in [3.63, 3.8) is 0 Å². The Morgan fingerprint density at radius 3 is 2.32 bits per heavy atom. The summed E-state index contributed by atoms with van der Waals surface area (Å²) in [5, 5.41) is 7.92. The first-order valence-electron chi connectivity index (χ1n) is 11.6. The van der Waals surface area contributed by atoms with Gasteiger partial charge in [0.2, 0.25) is 11.8 Å². The molecule has 0 bridgehead atoms. The summed E-state index contributed by atoms with van der Waals surface area (Å²) in [5.74, 6) is -0.432. The number of carbonyl (C=O) groups is 2. The van der Waals surface area contributed by atoms with E-state index in [2.05, 4.69) is 10.6 Å². The van der Waals surface area contributed by atoms with Gasteiger partial charge in [-0.05, 0) is 21.9 Å². The van der Waals surface area contributed by atoms with Crippen molar-refractivity contribution < 1.29 is 19.1 Å². The van der Waals surface area contributed by atoms with E-state index in [1.165, 1.54) is 0 Å². The molecule has 3 rings (SSSR count). The maximum atomic E-state index is 12.9. The van der Waals surface area contributed by atoms with Crippen LogP contribution in [0.25, 0.3) is 10.8 Å². The molecule has 0 spiro atoms. The molecular weight excluding hydrogens is 430 g/mol. The molecule has 0 saturated heterocycles. The van der Waals surface area contributed by atoms with Gasteiger partial charge in [-0.2, -0.15) is 0 Å². The van der Waals surface area contributed by atoms with Gasteiger partial charge in [0.1, 0.15) is 6.04 Å². The van der Waals surface area contributed by atoms with Crippen molar-refractivity contribution >= 4 is 22.6 Å². The van der Waals surface area contributed by atoms with Crippen molar-refractivity contribution in [1.29, 1.82) is 0 Å². The number of benzene rings is 3. The molecule has 34 heavy (non-hydrogen) atoms. The number of rotatable bonds is 14. The van der Waals surface area contributed by atoms with Crippen LogP contribution in [0.4, 0.5) is 0 Å². The number of nitrogens with one attached hydrogen (secondary N) is 2. The molecule has 0 saturated carbocycles. The lowest BCUT2D eigenvalue weighted by Crippen LogP contribution is -2.49. The van der Waals surface area contributed by atoms with Crippen LogP contribution < -0.4 is 16.4 Å². The fraction of sp³-hybridized carbons (Fsp3) is 0.333. The summed E-state index contributed by atoms with van der Waals surface area (Å²) in [6.07, 6.45) is 0.605. The van der Waals surface area contributed by atoms with Crippen molar-refractivity contribution in [3.8, 4) is 0 Å². The summed E-state index contributed by atoms with van der Waals surface area (Å²) in [7, 11) is 0. The summed E-state index contributed by atoms with van der Waals surface area (Å²) < 4.78 is 10.7. The lowest BCUT2D eigenvalue weighted by molar-refractivity contribution is -0.128. The topological polar surface area (TPSA) is 103 Å². The molecule has 180 valence electrons. The van der Waals surface area contributed by atoms with Crippen molar-refractivity contribution in [2.24, 2.45) is 5.73 Å². The second-order valence-corrected chi connectivity index (χ2v) is 7.93. The zero-order valence-corrected chi connectivity index (χ0v) is 19.4. The minimum Gasteiger partial charge on any atom is -0.378 e. The first-order chi connectivity index (χ1) is 16.7. The van der Waals surface area contributed by atoms with Gasteiger partial charge in [-0.3, -0.25) is 9.59 Å². The zero-order chi connectivity index (χ0) is 24.0. The summed E-state index contributed by atoms with van der Waals surface area (Å²) in [6.45, 7) is 2.59. The molecule has 1 atom stereocenters. The highest BCUT2D eigenvalue weighted by Crippen LogP contribution is 2.19. The van der Waals surface area contributed by atoms with Gasteiger partial charge in [0.25, 0.3) is 0 Å². The Kier molecular flexibility index (Phi) is 10.5. The van der Waals surface area contributed by atoms with E-state index in [4.69, 9.17) is 15.2 Å². The van der Waals surface area contributed by atoms with E-state index < -0.39 is 6.04 Å². The van der Waals surface area contributed by atoms with Crippen LogP contribution in [-0.2, 0) is 31.9 Å². The molecule has 0 heterocycles. The summed E-state index contributed by atoms with van der Waals surface area (Å²) in [4.78, 5) is 25.8. The van der Waals surface area contributed by atoms with Crippen LogP contribution in [0.15, 0.2) is 72.8 Å². The van der Waals surface area contributed by atoms with E-state index in [-0.39, 0.29) is 18.2 Å². The summed E-state index contributed by atoms with van der Waals surface area (Å²) in [6, 6.07) is 22.9. The van der Waals surface area contributed by atoms with Crippen LogP contribution >= 0.6 is 0 Å². The molecule has 7 nitrogen and oxygen atoms in total. The van der Waals surface area contributed by atoms with E-state index in [9.17, 15) is 9.59 Å². The van der Waals surface area contributed by atoms with Gasteiger partial charge in [-0.25, -0.2) is 0 Å². The van der Waals surface area contributed by atoms with E-state index in [1.54, 1.807) is 0 Å². The molecule has 3 aromatic carbocycles. The highest BCUT2D eigenvalue weighted by atomic mass is 16.5. The number of ether oxygens (including phenoxy) is 2. The van der Waals surface area contributed by atoms with Crippen LogP contribution in [0.2, 0.25) is 0 Å². The Hall–Kier alpha value is -3.26. The Labute approximate surface area is 200 Å². The lowest BCUT2D eigenvalue weighted by atomic mass is 10.0. The quantitative estimate of drug-likeness (QED) is 0.318. The van der Waals surface area contributed by atoms with Gasteiger partial charge in [0.15, 0.2) is 0 Å². The number of hydrogen-bond donors (Lipinski definition) is 3.